The van der Waals surface area contributed by atoms with E-state index in [1.807, 2.05) is 36.6 Å². The molecule has 0 atom stereocenters. The van der Waals surface area contributed by atoms with Crippen LogP contribution in [-0.2, 0) is 26.0 Å². The van der Waals surface area contributed by atoms with Crippen molar-refractivity contribution in [2.75, 3.05) is 29.0 Å². The number of benzene rings is 3. The molecule has 1 N–H and O–H groups in total. The Balaban J connectivity index is 1.43. The molecule has 7 nitrogen and oxygen atoms in total. The summed E-state index contributed by atoms with van der Waals surface area (Å²) in [4.78, 5) is 25.7. The van der Waals surface area contributed by atoms with E-state index in [4.69, 9.17) is 4.74 Å². The first-order chi connectivity index (χ1) is 16.4. The van der Waals surface area contributed by atoms with Gasteiger partial charge in [0.1, 0.15) is 0 Å². The predicted octanol–water partition coefficient (Wildman–Crippen LogP) is 4.35. The zero-order chi connectivity index (χ0) is 24.1. The summed E-state index contributed by atoms with van der Waals surface area (Å²) in [6.07, 6.45) is 3.49. The van der Waals surface area contributed by atoms with Crippen LogP contribution in [0, 0.1) is 0 Å². The average molecular weight is 497 g/mol. The van der Waals surface area contributed by atoms with Crippen LogP contribution in [0.15, 0.2) is 82.6 Å². The minimum Gasteiger partial charge on any atom is -0.452 e. The maximum atomic E-state index is 13.3. The second-order valence-electron chi connectivity index (χ2n) is 7.69. The number of nitrogens with zero attached hydrogens (tertiary/aromatic N) is 1. The third-order valence-corrected chi connectivity index (χ3v) is 7.99. The minimum absolute atomic E-state index is 0.00279. The zero-order valence-electron chi connectivity index (χ0n) is 18.6. The lowest BCUT2D eigenvalue weighted by atomic mass is 10.0. The number of carbonyl (C=O) groups is 2. The number of carbonyl (C=O) groups excluding carboxylic acids is 2. The van der Waals surface area contributed by atoms with Crippen molar-refractivity contribution in [2.24, 2.45) is 0 Å². The van der Waals surface area contributed by atoms with Crippen LogP contribution in [0.5, 0.6) is 0 Å². The summed E-state index contributed by atoms with van der Waals surface area (Å²) in [6.45, 7) is -0.119. The summed E-state index contributed by atoms with van der Waals surface area (Å²) in [7, 11) is -3.86. The van der Waals surface area contributed by atoms with Crippen LogP contribution in [0.3, 0.4) is 0 Å². The molecule has 1 heterocycles. The van der Waals surface area contributed by atoms with Crippen LogP contribution in [0.2, 0.25) is 0 Å². The number of fused-ring (bicyclic) bond motifs is 1. The van der Waals surface area contributed by atoms with Crippen LogP contribution >= 0.6 is 11.8 Å². The van der Waals surface area contributed by atoms with E-state index in [1.165, 1.54) is 28.6 Å². The highest BCUT2D eigenvalue weighted by atomic mass is 32.2. The molecule has 0 saturated heterocycles. The summed E-state index contributed by atoms with van der Waals surface area (Å²) in [6, 6.07) is 20.4. The minimum atomic E-state index is -3.86. The number of nitrogens with one attached hydrogen (secondary N) is 1. The molecule has 0 spiro atoms. The van der Waals surface area contributed by atoms with Gasteiger partial charge in [-0.25, -0.2) is 13.2 Å². The van der Waals surface area contributed by atoms with E-state index >= 15 is 0 Å². The molecule has 0 bridgehead atoms. The number of esters is 1. The molecular formula is C25H24N2O5S2. The van der Waals surface area contributed by atoms with Gasteiger partial charge in [0.15, 0.2) is 6.61 Å². The van der Waals surface area contributed by atoms with Crippen molar-refractivity contribution in [3.05, 3.63) is 83.9 Å². The van der Waals surface area contributed by atoms with Gasteiger partial charge >= 0.3 is 5.97 Å². The number of ether oxygens (including phenoxy) is 1. The van der Waals surface area contributed by atoms with Crippen molar-refractivity contribution >= 4 is 45.0 Å². The van der Waals surface area contributed by atoms with Gasteiger partial charge in [-0.3, -0.25) is 9.10 Å². The Morgan fingerprint density at radius 3 is 2.56 bits per heavy atom. The van der Waals surface area contributed by atoms with Crippen LogP contribution < -0.4 is 9.62 Å². The summed E-state index contributed by atoms with van der Waals surface area (Å²) in [5.41, 5.74) is 2.28. The third kappa shape index (κ3) is 5.26. The molecule has 1 aliphatic heterocycles. The van der Waals surface area contributed by atoms with Gasteiger partial charge in [-0.1, -0.05) is 24.3 Å². The number of thioether (sulfide) groups is 1. The molecule has 176 valence electrons. The van der Waals surface area contributed by atoms with Gasteiger partial charge in [0, 0.05) is 17.1 Å². The first-order valence-corrected chi connectivity index (χ1v) is 13.4. The number of amides is 1. The molecule has 3 aromatic carbocycles. The fourth-order valence-corrected chi connectivity index (χ4v) is 5.74. The molecule has 0 unspecified atom stereocenters. The fraction of sp³-hybridized carbons (Fsp3) is 0.200. The number of hydrogen-bond donors (Lipinski definition) is 1. The number of anilines is 2. The Morgan fingerprint density at radius 2 is 1.79 bits per heavy atom. The zero-order valence-corrected chi connectivity index (χ0v) is 20.2. The monoisotopic (exact) mass is 496 g/mol. The van der Waals surface area contributed by atoms with Gasteiger partial charge in [0.05, 0.1) is 16.1 Å². The van der Waals surface area contributed by atoms with E-state index in [0.29, 0.717) is 24.3 Å². The normalized spacial score (nSPS) is 13.1. The van der Waals surface area contributed by atoms with Gasteiger partial charge in [-0.2, -0.15) is 0 Å². The number of hydrogen-bond acceptors (Lipinski definition) is 6. The SMILES string of the molecule is CSc1ccc(NC(=O)COC(=O)c2cccc(S(=O)(=O)N3CCCc4ccccc43)c2)cc1. The third-order valence-electron chi connectivity index (χ3n) is 5.43. The molecule has 0 aromatic heterocycles. The van der Waals surface area contributed by atoms with Crippen LogP contribution in [0.25, 0.3) is 0 Å². The lowest BCUT2D eigenvalue weighted by molar-refractivity contribution is -0.119. The Bertz CT molecular complexity index is 1310. The highest BCUT2D eigenvalue weighted by Gasteiger charge is 2.29. The molecule has 1 aliphatic rings. The molecule has 34 heavy (non-hydrogen) atoms. The summed E-state index contributed by atoms with van der Waals surface area (Å²) >= 11 is 1.59. The molecule has 0 fully saturated rings. The molecule has 0 aliphatic carbocycles. The van der Waals surface area contributed by atoms with Crippen LogP contribution in [0.1, 0.15) is 22.3 Å². The van der Waals surface area contributed by atoms with E-state index in [1.54, 1.807) is 30.0 Å². The number of para-hydroxylation sites is 1. The fourth-order valence-electron chi connectivity index (χ4n) is 3.75. The first-order valence-electron chi connectivity index (χ1n) is 10.7. The van der Waals surface area contributed by atoms with Crippen molar-refractivity contribution in [1.29, 1.82) is 0 Å². The van der Waals surface area contributed by atoms with Crippen molar-refractivity contribution in [3.8, 4) is 0 Å². The van der Waals surface area contributed by atoms with E-state index in [0.717, 1.165) is 16.9 Å². The Kier molecular flexibility index (Phi) is 7.23. The standard InChI is InChI=1S/C25H24N2O5S2/c1-33-21-13-11-20(12-14-21)26-24(28)17-32-25(29)19-7-4-9-22(16-19)34(30,31)27-15-5-8-18-6-2-3-10-23(18)27/h2-4,6-7,9-14,16H,5,8,15,17H2,1H3,(H,26,28). The van der Waals surface area contributed by atoms with E-state index in [2.05, 4.69) is 5.32 Å². The summed E-state index contributed by atoms with van der Waals surface area (Å²) in [5, 5.41) is 2.66. The quantitative estimate of drug-likeness (QED) is 0.386. The molecule has 9 heteroatoms. The predicted molar refractivity (Wildman–Crippen MR) is 133 cm³/mol. The van der Waals surface area contributed by atoms with Crippen molar-refractivity contribution in [2.45, 2.75) is 22.6 Å². The Labute approximate surface area is 203 Å². The lowest BCUT2D eigenvalue weighted by Gasteiger charge is -2.30. The van der Waals surface area contributed by atoms with Crippen molar-refractivity contribution in [1.82, 2.24) is 0 Å². The molecule has 0 radical (unpaired) electrons. The van der Waals surface area contributed by atoms with Gasteiger partial charge < -0.3 is 10.1 Å². The van der Waals surface area contributed by atoms with Gasteiger partial charge in [0.25, 0.3) is 15.9 Å². The second-order valence-corrected chi connectivity index (χ2v) is 10.4. The highest BCUT2D eigenvalue weighted by molar-refractivity contribution is 7.98. The van der Waals surface area contributed by atoms with Crippen LogP contribution in [-0.4, -0.2) is 39.7 Å². The summed E-state index contributed by atoms with van der Waals surface area (Å²) in [5.74, 6) is -1.26. The number of aryl methyl sites for hydroxylation is 1. The maximum Gasteiger partial charge on any atom is 0.338 e. The van der Waals surface area contributed by atoms with Crippen molar-refractivity contribution < 1.29 is 22.7 Å². The number of rotatable bonds is 7. The first kappa shape index (κ1) is 23.8. The molecule has 0 saturated carbocycles. The van der Waals surface area contributed by atoms with Crippen LogP contribution in [0.4, 0.5) is 11.4 Å². The number of sulfonamides is 1. The molecule has 4 rings (SSSR count). The highest BCUT2D eigenvalue weighted by Crippen LogP contribution is 2.32. The smallest absolute Gasteiger partial charge is 0.338 e. The van der Waals surface area contributed by atoms with Crippen molar-refractivity contribution in [3.63, 3.8) is 0 Å². The largest absolute Gasteiger partial charge is 0.452 e. The Morgan fingerprint density at radius 1 is 1.03 bits per heavy atom. The lowest BCUT2D eigenvalue weighted by Crippen LogP contribution is -2.35. The molecule has 1 amide bonds. The maximum absolute atomic E-state index is 13.3. The van der Waals surface area contributed by atoms with Gasteiger partial charge in [-0.15, -0.1) is 11.8 Å². The van der Waals surface area contributed by atoms with E-state index < -0.39 is 28.5 Å². The molecular weight excluding hydrogens is 472 g/mol. The van der Waals surface area contributed by atoms with Gasteiger partial charge in [0.2, 0.25) is 0 Å². The van der Waals surface area contributed by atoms with E-state index in [-0.39, 0.29) is 10.5 Å². The van der Waals surface area contributed by atoms with Gasteiger partial charge in [-0.05, 0) is 73.2 Å². The summed E-state index contributed by atoms with van der Waals surface area (Å²) < 4.78 is 33.2. The second kappa shape index (κ2) is 10.3. The Hall–Kier alpha value is -3.30. The average Bonchev–Trinajstić information content (AvgIpc) is 2.87. The topological polar surface area (TPSA) is 92.8 Å². The van der Waals surface area contributed by atoms with E-state index in [9.17, 15) is 18.0 Å². The molecule has 3 aromatic rings.